The molecule has 1 aliphatic heterocycles. The molecule has 2 atom stereocenters. The van der Waals surface area contributed by atoms with Crippen LogP contribution in [0.3, 0.4) is 0 Å². The van der Waals surface area contributed by atoms with Crippen LogP contribution in [0, 0.1) is 5.82 Å². The second-order valence-corrected chi connectivity index (χ2v) is 7.61. The Hall–Kier alpha value is -4.01. The van der Waals surface area contributed by atoms with Crippen molar-refractivity contribution in [3.63, 3.8) is 0 Å². The van der Waals surface area contributed by atoms with Gasteiger partial charge in [-0.1, -0.05) is 29.4 Å². The van der Waals surface area contributed by atoms with Crippen LogP contribution >= 0.6 is 0 Å². The number of nitrogens with zero attached hydrogens (tertiary/aromatic N) is 6. The van der Waals surface area contributed by atoms with Gasteiger partial charge in [-0.2, -0.15) is 4.98 Å². The van der Waals surface area contributed by atoms with Gasteiger partial charge in [0.2, 0.25) is 17.6 Å². The zero-order chi connectivity index (χ0) is 21.9. The van der Waals surface area contributed by atoms with Crippen LogP contribution in [0.15, 0.2) is 71.9 Å². The second kappa shape index (κ2) is 8.62. The van der Waals surface area contributed by atoms with Crippen molar-refractivity contribution in [2.75, 3.05) is 13.1 Å². The predicted octanol–water partition coefficient (Wildman–Crippen LogP) is 3.01. The Kier molecular flexibility index (Phi) is 5.37. The lowest BCUT2D eigenvalue weighted by atomic mass is 9.90. The molecule has 9 heteroatoms. The third-order valence-corrected chi connectivity index (χ3v) is 5.64. The number of carbonyl (C=O) groups is 1. The van der Waals surface area contributed by atoms with Gasteiger partial charge in [0, 0.05) is 43.8 Å². The van der Waals surface area contributed by atoms with E-state index in [1.54, 1.807) is 54.1 Å². The third-order valence-electron chi connectivity index (χ3n) is 5.64. The van der Waals surface area contributed by atoms with Crippen LogP contribution in [-0.4, -0.2) is 49.0 Å². The molecule has 32 heavy (non-hydrogen) atoms. The summed E-state index contributed by atoms with van der Waals surface area (Å²) in [6.07, 6.45) is 8.16. The quantitative estimate of drug-likeness (QED) is 0.480. The molecule has 0 radical (unpaired) electrons. The Morgan fingerprint density at radius 3 is 2.66 bits per heavy atom. The normalized spacial score (nSPS) is 18.1. The van der Waals surface area contributed by atoms with E-state index in [-0.39, 0.29) is 30.0 Å². The molecule has 0 N–H and O–H groups in total. The fourth-order valence-electron chi connectivity index (χ4n) is 4.01. The topological polar surface area (TPSA) is 97.9 Å². The Labute approximate surface area is 183 Å². The van der Waals surface area contributed by atoms with Gasteiger partial charge in [-0.25, -0.2) is 9.37 Å². The maximum absolute atomic E-state index is 14.1. The van der Waals surface area contributed by atoms with Gasteiger partial charge in [0.25, 0.3) is 0 Å². The molecule has 8 nitrogen and oxygen atoms in total. The fraction of sp³-hybridized carbons (Fsp3) is 0.217. The molecule has 4 heterocycles. The molecule has 1 saturated heterocycles. The Bertz CT molecular complexity index is 1220. The fourth-order valence-corrected chi connectivity index (χ4v) is 4.01. The van der Waals surface area contributed by atoms with E-state index < -0.39 is 0 Å². The van der Waals surface area contributed by atoms with Crippen LogP contribution in [0.5, 0.6) is 0 Å². The monoisotopic (exact) mass is 430 g/mol. The first-order valence-corrected chi connectivity index (χ1v) is 10.2. The lowest BCUT2D eigenvalue weighted by molar-refractivity contribution is -0.129. The molecule has 0 aliphatic carbocycles. The van der Waals surface area contributed by atoms with Crippen molar-refractivity contribution >= 4 is 5.91 Å². The zero-order valence-electron chi connectivity index (χ0n) is 17.0. The largest absolute Gasteiger partial charge is 0.341 e. The van der Waals surface area contributed by atoms with E-state index in [4.69, 9.17) is 4.52 Å². The molecule has 0 bridgehead atoms. The number of rotatable bonds is 5. The molecule has 1 fully saturated rings. The minimum absolute atomic E-state index is 0.00611. The average Bonchev–Trinajstić information content (AvgIpc) is 3.49. The molecule has 160 valence electrons. The van der Waals surface area contributed by atoms with Gasteiger partial charge in [0.1, 0.15) is 11.5 Å². The molecule has 5 rings (SSSR count). The zero-order valence-corrected chi connectivity index (χ0v) is 17.0. The first kappa shape index (κ1) is 19.9. The molecular formula is C23H19FN6O2. The summed E-state index contributed by atoms with van der Waals surface area (Å²) < 4.78 is 19.6. The number of halogens is 1. The van der Waals surface area contributed by atoms with Gasteiger partial charge in [-0.15, -0.1) is 0 Å². The van der Waals surface area contributed by atoms with Crippen molar-refractivity contribution in [2.45, 2.75) is 18.3 Å². The van der Waals surface area contributed by atoms with Gasteiger partial charge in [0.05, 0.1) is 18.5 Å². The van der Waals surface area contributed by atoms with Crippen molar-refractivity contribution in [1.29, 1.82) is 0 Å². The smallest absolute Gasteiger partial charge is 0.232 e. The predicted molar refractivity (Wildman–Crippen MR) is 112 cm³/mol. The highest BCUT2D eigenvalue weighted by atomic mass is 19.1. The van der Waals surface area contributed by atoms with E-state index in [0.29, 0.717) is 36.1 Å². The second-order valence-electron chi connectivity index (χ2n) is 7.61. The minimum Gasteiger partial charge on any atom is -0.341 e. The summed E-state index contributed by atoms with van der Waals surface area (Å²) in [5.74, 6) is -0.0777. The highest BCUT2D eigenvalue weighted by Gasteiger charge is 2.40. The van der Waals surface area contributed by atoms with Crippen molar-refractivity contribution in [3.8, 4) is 11.5 Å². The maximum atomic E-state index is 14.1. The number of aromatic nitrogens is 5. The van der Waals surface area contributed by atoms with Crippen molar-refractivity contribution < 1.29 is 13.7 Å². The first-order chi connectivity index (χ1) is 15.7. The molecular weight excluding hydrogens is 411 g/mol. The van der Waals surface area contributed by atoms with Crippen LogP contribution in [0.25, 0.3) is 11.5 Å². The Morgan fingerprint density at radius 1 is 1.03 bits per heavy atom. The highest BCUT2D eigenvalue weighted by Crippen LogP contribution is 2.39. The standard InChI is InChI=1S/C23H19FN6O2/c24-19-6-2-1-4-15(19)10-21(31)30-13-17(16-5-3-7-25-11-16)18(14-30)23-28-22(29-32-23)20-12-26-8-9-27-20/h1-9,11-12,17-18H,10,13-14H2/t17-,18+/m0/s1. The van der Waals surface area contributed by atoms with Crippen LogP contribution in [-0.2, 0) is 11.2 Å². The number of amides is 1. The SMILES string of the molecule is O=C(Cc1ccccc1F)N1C[C@@H](c2cccnc2)[C@H](c2nc(-c3cnccn3)no2)C1. The Balaban J connectivity index is 1.42. The van der Waals surface area contributed by atoms with Gasteiger partial charge < -0.3 is 9.42 Å². The van der Waals surface area contributed by atoms with Crippen LogP contribution in [0.2, 0.25) is 0 Å². The summed E-state index contributed by atoms with van der Waals surface area (Å²) in [6, 6.07) is 10.1. The number of hydrogen-bond acceptors (Lipinski definition) is 7. The molecule has 1 amide bonds. The van der Waals surface area contributed by atoms with Gasteiger partial charge >= 0.3 is 0 Å². The van der Waals surface area contributed by atoms with E-state index in [0.717, 1.165) is 5.56 Å². The molecule has 0 saturated carbocycles. The number of benzene rings is 1. The van der Waals surface area contributed by atoms with E-state index in [1.807, 2.05) is 12.1 Å². The summed E-state index contributed by atoms with van der Waals surface area (Å²) in [7, 11) is 0. The number of pyridine rings is 1. The molecule has 3 aromatic heterocycles. The lowest BCUT2D eigenvalue weighted by Crippen LogP contribution is -2.30. The van der Waals surface area contributed by atoms with Gasteiger partial charge in [0.15, 0.2) is 0 Å². The molecule has 4 aromatic rings. The summed E-state index contributed by atoms with van der Waals surface area (Å²) in [5, 5.41) is 4.05. The van der Waals surface area contributed by atoms with Crippen LogP contribution in [0.4, 0.5) is 4.39 Å². The summed E-state index contributed by atoms with van der Waals surface area (Å²) in [4.78, 5) is 31.7. The van der Waals surface area contributed by atoms with Crippen molar-refractivity contribution in [1.82, 2.24) is 30.0 Å². The number of hydrogen-bond donors (Lipinski definition) is 0. The Morgan fingerprint density at radius 2 is 1.88 bits per heavy atom. The summed E-state index contributed by atoms with van der Waals surface area (Å²) in [5.41, 5.74) is 1.85. The van der Waals surface area contributed by atoms with Gasteiger partial charge in [-0.05, 0) is 23.3 Å². The number of likely N-dealkylation sites (tertiary alicyclic amines) is 1. The summed E-state index contributed by atoms with van der Waals surface area (Å²) >= 11 is 0. The summed E-state index contributed by atoms with van der Waals surface area (Å²) in [6.45, 7) is 0.835. The molecule has 1 aliphatic rings. The van der Waals surface area contributed by atoms with Crippen LogP contribution < -0.4 is 0 Å². The first-order valence-electron chi connectivity index (χ1n) is 10.2. The van der Waals surface area contributed by atoms with Crippen molar-refractivity contribution in [2.24, 2.45) is 0 Å². The van der Waals surface area contributed by atoms with Crippen LogP contribution in [0.1, 0.15) is 28.9 Å². The van der Waals surface area contributed by atoms with E-state index in [2.05, 4.69) is 25.1 Å². The van der Waals surface area contributed by atoms with E-state index >= 15 is 0 Å². The molecule has 0 spiro atoms. The average molecular weight is 430 g/mol. The minimum atomic E-state index is -0.383. The number of carbonyl (C=O) groups excluding carboxylic acids is 1. The van der Waals surface area contributed by atoms with E-state index in [1.165, 1.54) is 6.07 Å². The lowest BCUT2D eigenvalue weighted by Gasteiger charge is -2.16. The molecule has 1 aromatic carbocycles. The van der Waals surface area contributed by atoms with Crippen molar-refractivity contribution in [3.05, 3.63) is 90.2 Å². The van der Waals surface area contributed by atoms with Gasteiger partial charge in [-0.3, -0.25) is 14.8 Å². The van der Waals surface area contributed by atoms with E-state index in [9.17, 15) is 9.18 Å². The maximum Gasteiger partial charge on any atom is 0.232 e. The molecule has 0 unspecified atom stereocenters. The third kappa shape index (κ3) is 3.96. The highest BCUT2D eigenvalue weighted by molar-refractivity contribution is 5.79.